The first-order valence-corrected chi connectivity index (χ1v) is 9.97. The molecule has 1 aromatic rings. The van der Waals surface area contributed by atoms with E-state index in [1.54, 1.807) is 6.20 Å². The van der Waals surface area contributed by atoms with Gasteiger partial charge in [-0.25, -0.2) is 8.42 Å². The van der Waals surface area contributed by atoms with Crippen molar-refractivity contribution in [2.24, 2.45) is 0 Å². The summed E-state index contributed by atoms with van der Waals surface area (Å²) in [5, 5.41) is 2.97. The second-order valence-electron chi connectivity index (χ2n) is 6.41. The average Bonchev–Trinajstić information content (AvgIpc) is 2.50. The van der Waals surface area contributed by atoms with Crippen molar-refractivity contribution in [1.82, 2.24) is 20.1 Å². The molecule has 1 N–H and O–H groups in total. The van der Waals surface area contributed by atoms with E-state index in [2.05, 4.69) is 15.2 Å². The van der Waals surface area contributed by atoms with E-state index in [4.69, 9.17) is 0 Å². The monoisotopic (exact) mass is 354 g/mol. The van der Waals surface area contributed by atoms with Crippen molar-refractivity contribution in [3.8, 4) is 0 Å². The van der Waals surface area contributed by atoms with Gasteiger partial charge in [-0.15, -0.1) is 0 Å². The molecule has 0 bridgehead atoms. The molecule has 0 saturated carbocycles. The highest BCUT2D eigenvalue weighted by Gasteiger charge is 2.23. The summed E-state index contributed by atoms with van der Waals surface area (Å²) < 4.78 is 22.8. The van der Waals surface area contributed by atoms with Crippen LogP contribution in [0, 0.1) is 0 Å². The number of aromatic nitrogens is 1. The van der Waals surface area contributed by atoms with Gasteiger partial charge in [-0.3, -0.25) is 19.6 Å². The van der Waals surface area contributed by atoms with Crippen LogP contribution in [0.4, 0.5) is 0 Å². The van der Waals surface area contributed by atoms with Crippen LogP contribution in [0.25, 0.3) is 0 Å². The molecule has 7 nitrogen and oxygen atoms in total. The number of hydrogen-bond acceptors (Lipinski definition) is 6. The Bertz CT molecular complexity index is 622. The molecular weight excluding hydrogens is 328 g/mol. The minimum absolute atomic E-state index is 0.0136. The summed E-state index contributed by atoms with van der Waals surface area (Å²) in [5.41, 5.74) is 0.994. The summed E-state index contributed by atoms with van der Waals surface area (Å²) in [7, 11) is -0.913. The Morgan fingerprint density at radius 3 is 2.71 bits per heavy atom. The van der Waals surface area contributed by atoms with E-state index in [1.165, 1.54) is 0 Å². The molecule has 1 aliphatic heterocycles. The highest BCUT2D eigenvalue weighted by atomic mass is 32.2. The molecule has 1 aliphatic rings. The summed E-state index contributed by atoms with van der Waals surface area (Å²) in [6, 6.07) is 5.84. The van der Waals surface area contributed by atoms with E-state index in [1.807, 2.05) is 37.1 Å². The topological polar surface area (TPSA) is 82.6 Å². The molecular formula is C16H26N4O3S. The Labute approximate surface area is 144 Å². The van der Waals surface area contributed by atoms with Gasteiger partial charge >= 0.3 is 0 Å². The maximum Gasteiger partial charge on any atom is 0.234 e. The van der Waals surface area contributed by atoms with E-state index in [0.717, 1.165) is 18.8 Å². The normalized spacial score (nSPS) is 19.1. The molecule has 0 aromatic carbocycles. The zero-order valence-electron chi connectivity index (χ0n) is 14.3. The van der Waals surface area contributed by atoms with E-state index in [9.17, 15) is 13.2 Å². The highest BCUT2D eigenvalue weighted by Crippen LogP contribution is 2.03. The summed E-state index contributed by atoms with van der Waals surface area (Å²) >= 11 is 0. The maximum absolute atomic E-state index is 12.1. The lowest BCUT2D eigenvalue weighted by Crippen LogP contribution is -2.48. The van der Waals surface area contributed by atoms with Gasteiger partial charge < -0.3 is 5.32 Å². The SMILES string of the molecule is CC(CN(C)Cc1ccccn1)NC(=O)CN1CCS(=O)(=O)CC1. The van der Waals surface area contributed by atoms with Gasteiger partial charge in [0.25, 0.3) is 0 Å². The van der Waals surface area contributed by atoms with Crippen LogP contribution < -0.4 is 5.32 Å². The Kier molecular flexibility index (Phi) is 6.70. The Balaban J connectivity index is 1.69. The number of rotatable bonds is 7. The van der Waals surface area contributed by atoms with Crippen LogP contribution in [-0.2, 0) is 21.2 Å². The van der Waals surface area contributed by atoms with Gasteiger partial charge in [-0.1, -0.05) is 6.07 Å². The van der Waals surface area contributed by atoms with Gasteiger partial charge in [0.1, 0.15) is 0 Å². The van der Waals surface area contributed by atoms with Gasteiger partial charge in [-0.2, -0.15) is 0 Å². The fraction of sp³-hybridized carbons (Fsp3) is 0.625. The third-order valence-electron chi connectivity index (χ3n) is 3.96. The van der Waals surface area contributed by atoms with Gasteiger partial charge in [-0.05, 0) is 26.1 Å². The Morgan fingerprint density at radius 2 is 2.08 bits per heavy atom. The van der Waals surface area contributed by atoms with Gasteiger partial charge in [0, 0.05) is 38.4 Å². The van der Waals surface area contributed by atoms with Crippen LogP contribution in [0.15, 0.2) is 24.4 Å². The van der Waals surface area contributed by atoms with Crippen LogP contribution in [0.3, 0.4) is 0 Å². The lowest BCUT2D eigenvalue weighted by molar-refractivity contribution is -0.122. The molecule has 1 unspecified atom stereocenters. The van der Waals surface area contributed by atoms with Crippen molar-refractivity contribution in [3.05, 3.63) is 30.1 Å². The Hall–Kier alpha value is -1.51. The fourth-order valence-corrected chi connectivity index (χ4v) is 4.05. The van der Waals surface area contributed by atoms with Crippen molar-refractivity contribution in [1.29, 1.82) is 0 Å². The highest BCUT2D eigenvalue weighted by molar-refractivity contribution is 7.91. The van der Waals surface area contributed by atoms with Crippen molar-refractivity contribution in [3.63, 3.8) is 0 Å². The van der Waals surface area contributed by atoms with Crippen LogP contribution in [-0.4, -0.2) is 79.9 Å². The standard InChI is InChI=1S/C16H26N4O3S/c1-14(11-19(2)12-15-5-3-4-6-17-15)18-16(21)13-20-7-9-24(22,23)10-8-20/h3-6,14H,7-13H2,1-2H3,(H,18,21). The minimum Gasteiger partial charge on any atom is -0.351 e. The molecule has 2 rings (SSSR count). The van der Waals surface area contributed by atoms with E-state index in [-0.39, 0.29) is 30.0 Å². The first kappa shape index (κ1) is 18.8. The van der Waals surface area contributed by atoms with Crippen molar-refractivity contribution < 1.29 is 13.2 Å². The molecule has 1 atom stereocenters. The second kappa shape index (κ2) is 8.55. The first-order valence-electron chi connectivity index (χ1n) is 8.15. The second-order valence-corrected chi connectivity index (χ2v) is 8.72. The third kappa shape index (κ3) is 6.54. The molecule has 0 aliphatic carbocycles. The van der Waals surface area contributed by atoms with Crippen LogP contribution >= 0.6 is 0 Å². The smallest absolute Gasteiger partial charge is 0.234 e. The summed E-state index contributed by atoms with van der Waals surface area (Å²) in [4.78, 5) is 20.4. The zero-order chi connectivity index (χ0) is 17.6. The average molecular weight is 354 g/mol. The van der Waals surface area contributed by atoms with Crippen LogP contribution in [0.2, 0.25) is 0 Å². The molecule has 2 heterocycles. The molecule has 134 valence electrons. The quantitative estimate of drug-likeness (QED) is 0.727. The van der Waals surface area contributed by atoms with Crippen LogP contribution in [0.5, 0.6) is 0 Å². The lowest BCUT2D eigenvalue weighted by atomic mass is 10.2. The zero-order valence-corrected chi connectivity index (χ0v) is 15.1. The number of carbonyl (C=O) groups excluding carboxylic acids is 1. The number of hydrogen-bond donors (Lipinski definition) is 1. The summed E-state index contributed by atoms with van der Waals surface area (Å²) in [6.07, 6.45) is 1.77. The lowest BCUT2D eigenvalue weighted by Gasteiger charge is -2.27. The number of carbonyl (C=O) groups is 1. The van der Waals surface area contributed by atoms with Crippen molar-refractivity contribution in [2.45, 2.75) is 19.5 Å². The summed E-state index contributed by atoms with van der Waals surface area (Å²) in [6.45, 7) is 4.53. The number of amides is 1. The molecule has 1 fully saturated rings. The number of nitrogens with zero attached hydrogens (tertiary/aromatic N) is 3. The first-order chi connectivity index (χ1) is 11.3. The fourth-order valence-electron chi connectivity index (χ4n) is 2.78. The largest absolute Gasteiger partial charge is 0.351 e. The maximum atomic E-state index is 12.1. The molecule has 0 spiro atoms. The third-order valence-corrected chi connectivity index (χ3v) is 5.56. The number of nitrogens with one attached hydrogen (secondary N) is 1. The molecule has 1 aromatic heterocycles. The van der Waals surface area contributed by atoms with Gasteiger partial charge in [0.15, 0.2) is 9.84 Å². The number of sulfone groups is 1. The molecule has 1 amide bonds. The Morgan fingerprint density at radius 1 is 1.38 bits per heavy atom. The number of pyridine rings is 1. The van der Waals surface area contributed by atoms with Crippen molar-refractivity contribution in [2.75, 3.05) is 44.7 Å². The van der Waals surface area contributed by atoms with Crippen molar-refractivity contribution >= 4 is 15.7 Å². The van der Waals surface area contributed by atoms with Crippen LogP contribution in [0.1, 0.15) is 12.6 Å². The predicted octanol–water partition coefficient (Wildman–Crippen LogP) is -0.251. The van der Waals surface area contributed by atoms with E-state index >= 15 is 0 Å². The molecule has 1 saturated heterocycles. The predicted molar refractivity (Wildman–Crippen MR) is 93.3 cm³/mol. The van der Waals surface area contributed by atoms with Gasteiger partial charge in [0.2, 0.25) is 5.91 Å². The number of likely N-dealkylation sites (N-methyl/N-ethyl adjacent to an activating group) is 1. The summed E-state index contributed by atoms with van der Waals surface area (Å²) in [5.74, 6) is 0.221. The molecule has 0 radical (unpaired) electrons. The van der Waals surface area contributed by atoms with E-state index < -0.39 is 9.84 Å². The molecule has 24 heavy (non-hydrogen) atoms. The van der Waals surface area contributed by atoms with Gasteiger partial charge in [0.05, 0.1) is 23.7 Å². The molecule has 8 heteroatoms. The van der Waals surface area contributed by atoms with E-state index in [0.29, 0.717) is 13.1 Å². The minimum atomic E-state index is -2.91.